The number of nitrogens with one attached hydrogen (secondary N) is 1. The standard InChI is InChI=1S/C19H22N4O2S/c1-14-4-5-16-17(11-14)26-19(20-16)21-18(24)13-23-8-6-22(7-9-23)12-15-3-2-10-25-15/h2-5,10-11H,6-9,12-13H2,1H3,(H,20,21,24). The predicted molar refractivity (Wildman–Crippen MR) is 103 cm³/mol. The number of fused-ring (bicyclic) bond motifs is 1. The van der Waals surface area contributed by atoms with Crippen molar-refractivity contribution in [2.75, 3.05) is 38.0 Å². The molecular formula is C19H22N4O2S. The molecule has 0 aliphatic carbocycles. The fourth-order valence-electron chi connectivity index (χ4n) is 3.18. The number of furan rings is 1. The van der Waals surface area contributed by atoms with Crippen molar-refractivity contribution in [1.82, 2.24) is 14.8 Å². The molecule has 0 saturated carbocycles. The quantitative estimate of drug-likeness (QED) is 0.748. The Morgan fingerprint density at radius 1 is 1.23 bits per heavy atom. The third-order valence-corrected chi connectivity index (χ3v) is 5.52. The number of hydrogen-bond donors (Lipinski definition) is 1. The number of benzene rings is 1. The fraction of sp³-hybridized carbons (Fsp3) is 0.368. The lowest BCUT2D eigenvalue weighted by Gasteiger charge is -2.33. The van der Waals surface area contributed by atoms with Gasteiger partial charge >= 0.3 is 0 Å². The summed E-state index contributed by atoms with van der Waals surface area (Å²) in [6.45, 7) is 6.94. The lowest BCUT2D eigenvalue weighted by Crippen LogP contribution is -2.48. The van der Waals surface area contributed by atoms with Crippen LogP contribution in [0.15, 0.2) is 41.0 Å². The van der Waals surface area contributed by atoms with Gasteiger partial charge in [-0.15, -0.1) is 0 Å². The molecule has 1 aliphatic rings. The summed E-state index contributed by atoms with van der Waals surface area (Å²) < 4.78 is 6.50. The van der Waals surface area contributed by atoms with E-state index in [1.807, 2.05) is 24.3 Å². The molecule has 0 radical (unpaired) electrons. The minimum absolute atomic E-state index is 0.000243. The average Bonchev–Trinajstić information content (AvgIpc) is 3.25. The highest BCUT2D eigenvalue weighted by Gasteiger charge is 2.20. The van der Waals surface area contributed by atoms with Crippen molar-refractivity contribution in [1.29, 1.82) is 0 Å². The van der Waals surface area contributed by atoms with Gasteiger partial charge in [0.25, 0.3) is 0 Å². The summed E-state index contributed by atoms with van der Waals surface area (Å²) >= 11 is 1.52. The summed E-state index contributed by atoms with van der Waals surface area (Å²) in [5.74, 6) is 0.988. The van der Waals surface area contributed by atoms with Gasteiger partial charge in [0.05, 0.1) is 29.6 Å². The molecule has 1 N–H and O–H groups in total. The highest BCUT2D eigenvalue weighted by molar-refractivity contribution is 7.22. The number of carbonyl (C=O) groups excluding carboxylic acids is 1. The summed E-state index contributed by atoms with van der Waals surface area (Å²) in [5.41, 5.74) is 2.13. The average molecular weight is 370 g/mol. The van der Waals surface area contributed by atoms with Gasteiger partial charge in [-0.1, -0.05) is 17.4 Å². The Balaban J connectivity index is 1.27. The van der Waals surface area contributed by atoms with Gasteiger partial charge in [0.1, 0.15) is 5.76 Å². The summed E-state index contributed by atoms with van der Waals surface area (Å²) in [4.78, 5) is 21.4. The second kappa shape index (κ2) is 7.57. The summed E-state index contributed by atoms with van der Waals surface area (Å²) in [7, 11) is 0. The van der Waals surface area contributed by atoms with Gasteiger partial charge in [-0.25, -0.2) is 4.98 Å². The summed E-state index contributed by atoms with van der Waals surface area (Å²) in [6.07, 6.45) is 1.71. The number of aryl methyl sites for hydroxylation is 1. The van der Waals surface area contributed by atoms with E-state index in [1.165, 1.54) is 16.9 Å². The fourth-order valence-corrected chi connectivity index (χ4v) is 4.16. The van der Waals surface area contributed by atoms with Gasteiger partial charge in [0, 0.05) is 26.2 Å². The van der Waals surface area contributed by atoms with E-state index in [-0.39, 0.29) is 5.91 Å². The first-order valence-electron chi connectivity index (χ1n) is 8.80. The van der Waals surface area contributed by atoms with Gasteiger partial charge < -0.3 is 9.73 Å². The van der Waals surface area contributed by atoms with E-state index in [1.54, 1.807) is 6.26 Å². The highest BCUT2D eigenvalue weighted by atomic mass is 32.1. The number of anilines is 1. The molecule has 1 aromatic carbocycles. The molecule has 7 heteroatoms. The maximum absolute atomic E-state index is 12.3. The number of thiazole rings is 1. The van der Waals surface area contributed by atoms with Crippen LogP contribution in [0.3, 0.4) is 0 Å². The molecule has 3 heterocycles. The molecule has 0 unspecified atom stereocenters. The van der Waals surface area contributed by atoms with Crippen LogP contribution in [0.2, 0.25) is 0 Å². The molecule has 4 rings (SSSR count). The van der Waals surface area contributed by atoms with Crippen molar-refractivity contribution in [3.63, 3.8) is 0 Å². The van der Waals surface area contributed by atoms with Crippen molar-refractivity contribution >= 4 is 32.6 Å². The van der Waals surface area contributed by atoms with Crippen LogP contribution in [-0.2, 0) is 11.3 Å². The van der Waals surface area contributed by atoms with Crippen LogP contribution >= 0.6 is 11.3 Å². The summed E-state index contributed by atoms with van der Waals surface area (Å²) in [6, 6.07) is 10.0. The number of hydrogen-bond acceptors (Lipinski definition) is 6. The monoisotopic (exact) mass is 370 g/mol. The van der Waals surface area contributed by atoms with Crippen LogP contribution in [0.1, 0.15) is 11.3 Å². The number of rotatable bonds is 5. The minimum atomic E-state index is 0.000243. The predicted octanol–water partition coefficient (Wildman–Crippen LogP) is 2.95. The SMILES string of the molecule is Cc1ccc2nc(NC(=O)CN3CCN(Cc4ccco4)CC3)sc2c1. The first-order chi connectivity index (χ1) is 12.7. The van der Waals surface area contributed by atoms with Gasteiger partial charge in [-0.2, -0.15) is 0 Å². The van der Waals surface area contributed by atoms with Crippen molar-refractivity contribution in [3.05, 3.63) is 47.9 Å². The minimum Gasteiger partial charge on any atom is -0.468 e. The van der Waals surface area contributed by atoms with Gasteiger partial charge in [0.15, 0.2) is 5.13 Å². The Morgan fingerprint density at radius 3 is 2.81 bits per heavy atom. The van der Waals surface area contributed by atoms with Gasteiger partial charge in [-0.05, 0) is 36.8 Å². The third-order valence-electron chi connectivity index (χ3n) is 4.58. The lowest BCUT2D eigenvalue weighted by molar-refractivity contribution is -0.117. The van der Waals surface area contributed by atoms with E-state index in [0.29, 0.717) is 11.7 Å². The Kier molecular flexibility index (Phi) is 5.01. The zero-order chi connectivity index (χ0) is 17.9. The number of aromatic nitrogens is 1. The maximum atomic E-state index is 12.3. The Bertz CT molecular complexity index is 882. The first kappa shape index (κ1) is 17.2. The molecular weight excluding hydrogens is 348 g/mol. The Labute approximate surface area is 156 Å². The molecule has 0 atom stereocenters. The number of carbonyl (C=O) groups is 1. The zero-order valence-corrected chi connectivity index (χ0v) is 15.6. The molecule has 26 heavy (non-hydrogen) atoms. The van der Waals surface area contributed by atoms with Crippen LogP contribution in [0.5, 0.6) is 0 Å². The summed E-state index contributed by atoms with van der Waals surface area (Å²) in [5, 5.41) is 3.62. The topological polar surface area (TPSA) is 61.6 Å². The zero-order valence-electron chi connectivity index (χ0n) is 14.8. The number of nitrogens with zero attached hydrogens (tertiary/aromatic N) is 3. The largest absolute Gasteiger partial charge is 0.468 e. The smallest absolute Gasteiger partial charge is 0.240 e. The molecule has 1 saturated heterocycles. The third kappa shape index (κ3) is 4.12. The van der Waals surface area contributed by atoms with Crippen LogP contribution < -0.4 is 5.32 Å². The molecule has 1 aliphatic heterocycles. The van der Waals surface area contributed by atoms with Crippen molar-refractivity contribution in [3.8, 4) is 0 Å². The molecule has 2 aromatic heterocycles. The molecule has 3 aromatic rings. The maximum Gasteiger partial charge on any atom is 0.240 e. The number of piperazine rings is 1. The highest BCUT2D eigenvalue weighted by Crippen LogP contribution is 2.26. The normalized spacial score (nSPS) is 16.2. The molecule has 136 valence electrons. The Hall–Kier alpha value is -2.22. The van der Waals surface area contributed by atoms with E-state index < -0.39 is 0 Å². The van der Waals surface area contributed by atoms with Gasteiger partial charge in [-0.3, -0.25) is 14.6 Å². The number of amides is 1. The van der Waals surface area contributed by atoms with Crippen LogP contribution in [-0.4, -0.2) is 53.4 Å². The van der Waals surface area contributed by atoms with E-state index >= 15 is 0 Å². The van der Waals surface area contributed by atoms with Crippen LogP contribution in [0, 0.1) is 6.92 Å². The molecule has 1 fully saturated rings. The van der Waals surface area contributed by atoms with Crippen LogP contribution in [0.25, 0.3) is 10.2 Å². The molecule has 1 amide bonds. The molecule has 0 spiro atoms. The molecule has 6 nitrogen and oxygen atoms in total. The second-order valence-corrected chi connectivity index (χ2v) is 7.70. The van der Waals surface area contributed by atoms with E-state index in [4.69, 9.17) is 4.42 Å². The van der Waals surface area contributed by atoms with E-state index in [9.17, 15) is 4.79 Å². The van der Waals surface area contributed by atoms with Crippen molar-refractivity contribution in [2.45, 2.75) is 13.5 Å². The van der Waals surface area contributed by atoms with Crippen LogP contribution in [0.4, 0.5) is 5.13 Å². The van der Waals surface area contributed by atoms with Crippen molar-refractivity contribution < 1.29 is 9.21 Å². The molecule has 0 bridgehead atoms. The lowest BCUT2D eigenvalue weighted by atomic mass is 10.2. The van der Waals surface area contributed by atoms with Gasteiger partial charge in [0.2, 0.25) is 5.91 Å². The van der Waals surface area contributed by atoms with E-state index in [0.717, 1.165) is 48.7 Å². The van der Waals surface area contributed by atoms with E-state index in [2.05, 4.69) is 33.1 Å². The second-order valence-electron chi connectivity index (χ2n) is 6.67. The Morgan fingerprint density at radius 2 is 2.04 bits per heavy atom. The van der Waals surface area contributed by atoms with Crippen molar-refractivity contribution in [2.24, 2.45) is 0 Å². The first-order valence-corrected chi connectivity index (χ1v) is 9.61.